The number of carbonyl (C=O) groups is 1. The molecular weight excluding hydrogens is 378 g/mol. The zero-order chi connectivity index (χ0) is 19.9. The number of nitrogens with one attached hydrogen (secondary N) is 1. The molecule has 2 aromatic carbocycles. The average Bonchev–Trinajstić information content (AvgIpc) is 2.70. The minimum Gasteiger partial charge on any atom is -0.497 e. The molecule has 0 saturated heterocycles. The first kappa shape index (κ1) is 19.6. The molecule has 0 spiro atoms. The minimum atomic E-state index is -0.222. The Hall–Kier alpha value is -3.12. The van der Waals surface area contributed by atoms with Gasteiger partial charge in [-0.15, -0.1) is 0 Å². The van der Waals surface area contributed by atoms with Crippen molar-refractivity contribution >= 4 is 17.5 Å². The van der Waals surface area contributed by atoms with Gasteiger partial charge in [0.1, 0.15) is 5.75 Å². The lowest BCUT2D eigenvalue weighted by atomic mass is 10.1. The molecule has 0 unspecified atom stereocenters. The van der Waals surface area contributed by atoms with Crippen LogP contribution in [0.1, 0.15) is 5.56 Å². The lowest BCUT2D eigenvalue weighted by molar-refractivity contribution is -0.120. The SMILES string of the molecule is COc1cccc(CC(=O)NCCn2nc(-c3ccc(Cl)cc3)ccc2=O)c1. The van der Waals surface area contributed by atoms with E-state index in [1.807, 2.05) is 36.4 Å². The molecule has 6 nitrogen and oxygen atoms in total. The number of rotatable bonds is 7. The van der Waals surface area contributed by atoms with E-state index in [0.717, 1.165) is 11.1 Å². The molecule has 1 amide bonds. The van der Waals surface area contributed by atoms with E-state index in [4.69, 9.17) is 16.3 Å². The van der Waals surface area contributed by atoms with Gasteiger partial charge in [-0.25, -0.2) is 4.68 Å². The molecule has 1 aromatic heterocycles. The molecule has 0 aliphatic heterocycles. The highest BCUT2D eigenvalue weighted by molar-refractivity contribution is 6.30. The van der Waals surface area contributed by atoms with Crippen LogP contribution in [0.2, 0.25) is 5.02 Å². The van der Waals surface area contributed by atoms with Gasteiger partial charge in [-0.2, -0.15) is 5.10 Å². The Morgan fingerprint density at radius 1 is 1.14 bits per heavy atom. The van der Waals surface area contributed by atoms with Crippen molar-refractivity contribution in [3.63, 3.8) is 0 Å². The molecule has 3 rings (SSSR count). The number of nitrogens with zero attached hydrogens (tertiary/aromatic N) is 2. The van der Waals surface area contributed by atoms with Gasteiger partial charge in [0, 0.05) is 23.2 Å². The van der Waals surface area contributed by atoms with Crippen LogP contribution in [0.5, 0.6) is 5.75 Å². The average molecular weight is 398 g/mol. The highest BCUT2D eigenvalue weighted by Crippen LogP contribution is 2.18. The smallest absolute Gasteiger partial charge is 0.266 e. The van der Waals surface area contributed by atoms with Gasteiger partial charge in [-0.05, 0) is 35.9 Å². The van der Waals surface area contributed by atoms with Crippen molar-refractivity contribution in [2.45, 2.75) is 13.0 Å². The summed E-state index contributed by atoms with van der Waals surface area (Å²) in [4.78, 5) is 24.2. The normalized spacial score (nSPS) is 10.5. The van der Waals surface area contributed by atoms with Gasteiger partial charge in [0.05, 0.1) is 25.8 Å². The minimum absolute atomic E-state index is 0.129. The lowest BCUT2D eigenvalue weighted by Gasteiger charge is -2.09. The molecule has 0 fully saturated rings. The number of amides is 1. The molecule has 3 aromatic rings. The number of hydrogen-bond donors (Lipinski definition) is 1. The summed E-state index contributed by atoms with van der Waals surface area (Å²) in [5, 5.41) is 7.82. The topological polar surface area (TPSA) is 73.2 Å². The maximum Gasteiger partial charge on any atom is 0.266 e. The molecular formula is C21H20ClN3O3. The van der Waals surface area contributed by atoms with Crippen LogP contribution in [0.15, 0.2) is 65.5 Å². The van der Waals surface area contributed by atoms with Crippen molar-refractivity contribution < 1.29 is 9.53 Å². The van der Waals surface area contributed by atoms with E-state index in [0.29, 0.717) is 23.0 Å². The van der Waals surface area contributed by atoms with Crippen molar-refractivity contribution in [3.05, 3.63) is 81.6 Å². The van der Waals surface area contributed by atoms with Gasteiger partial charge in [0.25, 0.3) is 5.56 Å². The Labute approximate surface area is 167 Å². The van der Waals surface area contributed by atoms with Crippen LogP contribution in [0.3, 0.4) is 0 Å². The predicted octanol–water partition coefficient (Wildman–Crippen LogP) is 2.93. The third kappa shape index (κ3) is 5.20. The number of carbonyl (C=O) groups excluding carboxylic acids is 1. The molecule has 28 heavy (non-hydrogen) atoms. The Kier molecular flexibility index (Phi) is 6.45. The molecule has 0 atom stereocenters. The lowest BCUT2D eigenvalue weighted by Crippen LogP contribution is -2.32. The zero-order valence-corrected chi connectivity index (χ0v) is 16.1. The van der Waals surface area contributed by atoms with E-state index < -0.39 is 0 Å². The van der Waals surface area contributed by atoms with Crippen molar-refractivity contribution in [1.29, 1.82) is 0 Å². The fraction of sp³-hybridized carbons (Fsp3) is 0.190. The summed E-state index contributed by atoms with van der Waals surface area (Å²) in [5.41, 5.74) is 2.16. The number of benzene rings is 2. The van der Waals surface area contributed by atoms with Gasteiger partial charge in [-0.3, -0.25) is 9.59 Å². The maximum absolute atomic E-state index is 12.1. The van der Waals surface area contributed by atoms with Gasteiger partial charge < -0.3 is 10.1 Å². The molecule has 7 heteroatoms. The fourth-order valence-electron chi connectivity index (χ4n) is 2.72. The second-order valence-corrected chi connectivity index (χ2v) is 6.60. The van der Waals surface area contributed by atoms with Crippen LogP contribution in [0.25, 0.3) is 11.3 Å². The Morgan fingerprint density at radius 3 is 2.68 bits per heavy atom. The molecule has 0 radical (unpaired) electrons. The first-order valence-corrected chi connectivity index (χ1v) is 9.17. The summed E-state index contributed by atoms with van der Waals surface area (Å²) in [7, 11) is 1.59. The number of methoxy groups -OCH3 is 1. The van der Waals surface area contributed by atoms with Gasteiger partial charge in [0.2, 0.25) is 5.91 Å². The van der Waals surface area contributed by atoms with Gasteiger partial charge in [0.15, 0.2) is 0 Å². The summed E-state index contributed by atoms with van der Waals surface area (Å²) in [6.07, 6.45) is 0.240. The second-order valence-electron chi connectivity index (χ2n) is 6.17. The highest BCUT2D eigenvalue weighted by Gasteiger charge is 2.06. The molecule has 144 valence electrons. The van der Waals surface area contributed by atoms with Crippen molar-refractivity contribution in [2.75, 3.05) is 13.7 Å². The molecule has 1 N–H and O–H groups in total. The van der Waals surface area contributed by atoms with Crippen LogP contribution < -0.4 is 15.6 Å². The standard InChI is InChI=1S/C21H20ClN3O3/c1-28-18-4-2-3-15(13-18)14-20(26)23-11-12-25-21(27)10-9-19(24-25)16-5-7-17(22)8-6-16/h2-10,13H,11-12,14H2,1H3,(H,23,26). The number of hydrogen-bond acceptors (Lipinski definition) is 4. The first-order valence-electron chi connectivity index (χ1n) is 8.79. The highest BCUT2D eigenvalue weighted by atomic mass is 35.5. The van der Waals surface area contributed by atoms with E-state index in [9.17, 15) is 9.59 Å². The number of aromatic nitrogens is 2. The summed E-state index contributed by atoms with van der Waals surface area (Å²) >= 11 is 5.91. The monoisotopic (exact) mass is 397 g/mol. The van der Waals surface area contributed by atoms with Gasteiger partial charge >= 0.3 is 0 Å². The van der Waals surface area contributed by atoms with Crippen LogP contribution >= 0.6 is 11.6 Å². The third-order valence-electron chi connectivity index (χ3n) is 4.15. The predicted molar refractivity (Wildman–Crippen MR) is 109 cm³/mol. The Morgan fingerprint density at radius 2 is 1.93 bits per heavy atom. The molecule has 0 saturated carbocycles. The van der Waals surface area contributed by atoms with Crippen LogP contribution in [0.4, 0.5) is 0 Å². The Balaban J connectivity index is 1.59. The van der Waals surface area contributed by atoms with Crippen LogP contribution in [0, 0.1) is 0 Å². The molecule has 0 bridgehead atoms. The number of ether oxygens (including phenoxy) is 1. The molecule has 0 aliphatic carbocycles. The maximum atomic E-state index is 12.1. The van der Waals surface area contributed by atoms with E-state index in [1.54, 1.807) is 25.3 Å². The first-order chi connectivity index (χ1) is 13.5. The van der Waals surface area contributed by atoms with E-state index in [2.05, 4.69) is 10.4 Å². The summed E-state index contributed by atoms with van der Waals surface area (Å²) in [6.45, 7) is 0.587. The van der Waals surface area contributed by atoms with E-state index >= 15 is 0 Å². The summed E-state index contributed by atoms with van der Waals surface area (Å²) < 4.78 is 6.50. The zero-order valence-electron chi connectivity index (χ0n) is 15.4. The second kappa shape index (κ2) is 9.19. The third-order valence-corrected chi connectivity index (χ3v) is 4.40. The van der Waals surface area contributed by atoms with Crippen molar-refractivity contribution in [2.24, 2.45) is 0 Å². The van der Waals surface area contributed by atoms with Gasteiger partial charge in [-0.1, -0.05) is 35.9 Å². The van der Waals surface area contributed by atoms with Crippen LogP contribution in [-0.4, -0.2) is 29.3 Å². The summed E-state index contributed by atoms with van der Waals surface area (Å²) in [5.74, 6) is 0.579. The molecule has 0 aliphatic rings. The number of halogens is 1. The van der Waals surface area contributed by atoms with Crippen molar-refractivity contribution in [1.82, 2.24) is 15.1 Å². The van der Waals surface area contributed by atoms with Crippen molar-refractivity contribution in [3.8, 4) is 17.0 Å². The van der Waals surface area contributed by atoms with E-state index in [1.165, 1.54) is 10.7 Å². The summed E-state index contributed by atoms with van der Waals surface area (Å²) in [6, 6.07) is 17.7. The van der Waals surface area contributed by atoms with Crippen LogP contribution in [-0.2, 0) is 17.8 Å². The fourth-order valence-corrected chi connectivity index (χ4v) is 2.84. The Bertz CT molecular complexity index is 1020. The van der Waals surface area contributed by atoms with E-state index in [-0.39, 0.29) is 24.4 Å². The molecule has 1 heterocycles. The largest absolute Gasteiger partial charge is 0.497 e. The quantitative estimate of drug-likeness (QED) is 0.665.